The molecule has 2 aromatic carbocycles. The minimum absolute atomic E-state index is 0.131. The number of methoxy groups -OCH3 is 2. The van der Waals surface area contributed by atoms with E-state index in [0.717, 1.165) is 4.88 Å². The zero-order chi connectivity index (χ0) is 21.8. The number of carbonyl (C=O) groups excluding carboxylic acids is 1. The molecule has 0 N–H and O–H groups in total. The first-order valence-electron chi connectivity index (χ1n) is 9.27. The van der Waals surface area contributed by atoms with E-state index in [1.807, 2.05) is 17.5 Å². The van der Waals surface area contributed by atoms with Crippen molar-refractivity contribution in [1.29, 1.82) is 0 Å². The number of benzene rings is 2. The van der Waals surface area contributed by atoms with Gasteiger partial charge in [0, 0.05) is 0 Å². The quantitative estimate of drug-likeness (QED) is 0.390. The third-order valence-electron chi connectivity index (χ3n) is 4.41. The summed E-state index contributed by atoms with van der Waals surface area (Å²) in [5.74, 6) is 0.571. The summed E-state index contributed by atoms with van der Waals surface area (Å²) in [7, 11) is 3.00. The van der Waals surface area contributed by atoms with Crippen LogP contribution in [-0.4, -0.2) is 26.1 Å². The third kappa shape index (κ3) is 4.59. The zero-order valence-corrected chi connectivity index (χ0v) is 17.6. The Morgan fingerprint density at radius 3 is 2.52 bits per heavy atom. The van der Waals surface area contributed by atoms with Crippen molar-refractivity contribution in [2.24, 2.45) is 4.99 Å². The molecule has 1 aliphatic rings. The predicted octanol–water partition coefficient (Wildman–Crippen LogP) is 4.83. The van der Waals surface area contributed by atoms with Gasteiger partial charge in [0.1, 0.15) is 12.4 Å². The van der Waals surface area contributed by atoms with E-state index in [4.69, 9.17) is 18.9 Å². The van der Waals surface area contributed by atoms with Crippen LogP contribution in [-0.2, 0) is 16.1 Å². The molecule has 158 valence electrons. The Kier molecular flexibility index (Phi) is 5.99. The highest BCUT2D eigenvalue weighted by Gasteiger charge is 2.25. The van der Waals surface area contributed by atoms with Gasteiger partial charge in [0.25, 0.3) is 0 Å². The molecule has 0 saturated heterocycles. The number of ether oxygens (including phenoxy) is 4. The fourth-order valence-electron chi connectivity index (χ4n) is 2.98. The Morgan fingerprint density at radius 2 is 1.87 bits per heavy atom. The molecule has 0 unspecified atom stereocenters. The summed E-state index contributed by atoms with van der Waals surface area (Å²) in [6.07, 6.45) is 1.59. The van der Waals surface area contributed by atoms with Crippen molar-refractivity contribution >= 4 is 29.3 Å². The molecule has 31 heavy (non-hydrogen) atoms. The van der Waals surface area contributed by atoms with Crippen LogP contribution in [0.5, 0.6) is 17.2 Å². The number of halogens is 1. The lowest BCUT2D eigenvalue weighted by atomic mass is 10.1. The average molecular weight is 439 g/mol. The van der Waals surface area contributed by atoms with E-state index < -0.39 is 5.97 Å². The number of hydrogen-bond donors (Lipinski definition) is 0. The number of rotatable bonds is 7. The number of cyclic esters (lactones) is 1. The van der Waals surface area contributed by atoms with E-state index in [-0.39, 0.29) is 24.0 Å². The highest BCUT2D eigenvalue weighted by molar-refractivity contribution is 7.12. The summed E-state index contributed by atoms with van der Waals surface area (Å²) in [6.45, 7) is 0.131. The highest BCUT2D eigenvalue weighted by Crippen LogP contribution is 2.40. The highest BCUT2D eigenvalue weighted by atomic mass is 32.1. The van der Waals surface area contributed by atoms with Gasteiger partial charge >= 0.3 is 5.97 Å². The Morgan fingerprint density at radius 1 is 1.10 bits per heavy atom. The van der Waals surface area contributed by atoms with Crippen LogP contribution >= 0.6 is 11.3 Å². The van der Waals surface area contributed by atoms with Crippen LogP contribution in [0, 0.1) is 5.82 Å². The summed E-state index contributed by atoms with van der Waals surface area (Å²) in [4.78, 5) is 17.3. The molecule has 0 bridgehead atoms. The number of esters is 1. The van der Waals surface area contributed by atoms with Crippen molar-refractivity contribution in [1.82, 2.24) is 0 Å². The van der Waals surface area contributed by atoms with Gasteiger partial charge in [-0.15, -0.1) is 11.3 Å². The molecule has 3 aromatic rings. The lowest BCUT2D eigenvalue weighted by Crippen LogP contribution is -2.03. The van der Waals surface area contributed by atoms with Crippen LogP contribution in [0.15, 0.2) is 64.6 Å². The van der Waals surface area contributed by atoms with E-state index in [1.54, 1.807) is 30.3 Å². The van der Waals surface area contributed by atoms with Crippen LogP contribution in [0.3, 0.4) is 0 Å². The normalized spacial score (nSPS) is 14.4. The average Bonchev–Trinajstić information content (AvgIpc) is 3.42. The Bertz CT molecular complexity index is 1150. The first-order valence-corrected chi connectivity index (χ1v) is 10.1. The van der Waals surface area contributed by atoms with Crippen LogP contribution in [0.1, 0.15) is 16.0 Å². The molecule has 0 aliphatic carbocycles. The maximum absolute atomic E-state index is 13.4. The predicted molar refractivity (Wildman–Crippen MR) is 115 cm³/mol. The minimum atomic E-state index is -0.534. The lowest BCUT2D eigenvalue weighted by molar-refractivity contribution is -0.129. The van der Waals surface area contributed by atoms with Gasteiger partial charge in [-0.05, 0) is 52.9 Å². The Balaban J connectivity index is 1.62. The van der Waals surface area contributed by atoms with Gasteiger partial charge in [-0.1, -0.05) is 18.2 Å². The zero-order valence-electron chi connectivity index (χ0n) is 16.8. The molecule has 6 nitrogen and oxygen atoms in total. The van der Waals surface area contributed by atoms with Gasteiger partial charge in [0.2, 0.25) is 11.6 Å². The third-order valence-corrected chi connectivity index (χ3v) is 5.27. The maximum Gasteiger partial charge on any atom is 0.363 e. The summed E-state index contributed by atoms with van der Waals surface area (Å²) < 4.78 is 35.4. The number of nitrogens with zero attached hydrogens (tertiary/aromatic N) is 1. The molecular weight excluding hydrogens is 421 g/mol. The largest absolute Gasteiger partial charge is 0.493 e. The van der Waals surface area contributed by atoms with E-state index in [2.05, 4.69) is 4.99 Å². The Hall–Kier alpha value is -3.65. The first-order chi connectivity index (χ1) is 15.1. The van der Waals surface area contributed by atoms with E-state index in [0.29, 0.717) is 28.4 Å². The molecule has 0 spiro atoms. The van der Waals surface area contributed by atoms with Gasteiger partial charge in [-0.3, -0.25) is 0 Å². The van der Waals surface area contributed by atoms with Crippen molar-refractivity contribution < 1.29 is 28.1 Å². The summed E-state index contributed by atoms with van der Waals surface area (Å²) in [5.41, 5.74) is 1.45. The topological polar surface area (TPSA) is 66.4 Å². The second kappa shape index (κ2) is 9.01. The van der Waals surface area contributed by atoms with Gasteiger partial charge in [0.15, 0.2) is 17.2 Å². The number of carbonyl (C=O) groups is 1. The molecule has 0 saturated carbocycles. The second-order valence-corrected chi connectivity index (χ2v) is 7.43. The fraction of sp³-hybridized carbons (Fsp3) is 0.130. The SMILES string of the molecule is COc1cc(/C=C2\N=C(c3cccs3)OC2=O)cc(OC)c1OCc1cccc(F)c1. The molecule has 8 heteroatoms. The second-order valence-electron chi connectivity index (χ2n) is 6.49. The van der Waals surface area contributed by atoms with Gasteiger partial charge < -0.3 is 18.9 Å². The van der Waals surface area contributed by atoms with Crippen LogP contribution < -0.4 is 14.2 Å². The van der Waals surface area contributed by atoms with Crippen LogP contribution in [0.4, 0.5) is 4.39 Å². The maximum atomic E-state index is 13.4. The monoisotopic (exact) mass is 439 g/mol. The lowest BCUT2D eigenvalue weighted by Gasteiger charge is -2.15. The number of aliphatic imine (C=N–C) groups is 1. The van der Waals surface area contributed by atoms with E-state index in [1.165, 1.54) is 37.7 Å². The minimum Gasteiger partial charge on any atom is -0.493 e. The van der Waals surface area contributed by atoms with Crippen LogP contribution in [0.25, 0.3) is 6.08 Å². The molecular formula is C23H18FNO5S. The number of thiophene rings is 1. The molecule has 4 rings (SSSR count). The fourth-order valence-corrected chi connectivity index (χ4v) is 3.63. The first kappa shape index (κ1) is 20.6. The van der Waals surface area contributed by atoms with Gasteiger partial charge in [-0.2, -0.15) is 0 Å². The van der Waals surface area contributed by atoms with Gasteiger partial charge in [-0.25, -0.2) is 14.2 Å². The molecule has 0 amide bonds. The van der Waals surface area contributed by atoms with Crippen molar-refractivity contribution in [3.8, 4) is 17.2 Å². The molecule has 0 fully saturated rings. The molecule has 2 heterocycles. The Labute approximate surface area is 182 Å². The summed E-state index contributed by atoms with van der Waals surface area (Å²) >= 11 is 1.43. The summed E-state index contributed by atoms with van der Waals surface area (Å²) in [5, 5.41) is 1.88. The van der Waals surface area contributed by atoms with Crippen LogP contribution in [0.2, 0.25) is 0 Å². The standard InChI is InChI=1S/C23H18FNO5S/c1-27-18-11-15(10-17-23(26)30-22(25-17)20-7-4-8-31-20)12-19(28-2)21(18)29-13-14-5-3-6-16(24)9-14/h3-12H,13H2,1-2H3/b17-10-. The van der Waals surface area contributed by atoms with E-state index in [9.17, 15) is 9.18 Å². The molecule has 0 radical (unpaired) electrons. The molecule has 0 atom stereocenters. The van der Waals surface area contributed by atoms with Crippen molar-refractivity contribution in [2.75, 3.05) is 14.2 Å². The smallest absolute Gasteiger partial charge is 0.363 e. The molecule has 1 aromatic heterocycles. The van der Waals surface area contributed by atoms with Gasteiger partial charge in [0.05, 0.1) is 19.1 Å². The van der Waals surface area contributed by atoms with E-state index >= 15 is 0 Å². The summed E-state index contributed by atoms with van der Waals surface area (Å²) in [6, 6.07) is 13.2. The molecule has 1 aliphatic heterocycles. The van der Waals surface area contributed by atoms with Crippen molar-refractivity contribution in [3.63, 3.8) is 0 Å². The number of hydrogen-bond acceptors (Lipinski definition) is 7. The van der Waals surface area contributed by atoms with Crippen molar-refractivity contribution in [2.45, 2.75) is 6.61 Å². The van der Waals surface area contributed by atoms with Crippen molar-refractivity contribution in [3.05, 3.63) is 81.4 Å².